The highest BCUT2D eigenvalue weighted by molar-refractivity contribution is 8.18. The molecule has 1 heterocycles. The molecule has 1 aromatic rings. The zero-order valence-corrected chi connectivity index (χ0v) is 13.7. The second kappa shape index (κ2) is 7.78. The zero-order valence-electron chi connectivity index (χ0n) is 12.9. The molecular formula is C16H15N2O5S-. The van der Waals surface area contributed by atoms with Gasteiger partial charge in [-0.15, -0.1) is 0 Å². The monoisotopic (exact) mass is 347 g/mol. The van der Waals surface area contributed by atoms with Crippen molar-refractivity contribution in [2.24, 2.45) is 0 Å². The predicted octanol–water partition coefficient (Wildman–Crippen LogP) is 0.151. The molecule has 1 saturated heterocycles. The summed E-state index contributed by atoms with van der Waals surface area (Å²) in [7, 11) is 0. The first kappa shape index (κ1) is 17.7. The second-order valence-electron chi connectivity index (χ2n) is 5.01. The number of imide groups is 1. The van der Waals surface area contributed by atoms with Crippen LogP contribution in [0.25, 0.3) is 6.08 Å². The lowest BCUT2D eigenvalue weighted by Gasteiger charge is -2.12. The van der Waals surface area contributed by atoms with Crippen LogP contribution < -0.4 is 10.4 Å². The summed E-state index contributed by atoms with van der Waals surface area (Å²) in [6, 6.07) is 7.56. The molecule has 1 aliphatic rings. The Balaban J connectivity index is 2.05. The number of carbonyl (C=O) groups is 4. The topological polar surface area (TPSA) is 107 Å². The Morgan fingerprint density at radius 2 is 1.92 bits per heavy atom. The fraction of sp³-hybridized carbons (Fsp3) is 0.250. The Morgan fingerprint density at radius 3 is 2.50 bits per heavy atom. The third-order valence-electron chi connectivity index (χ3n) is 3.29. The molecule has 0 aromatic heterocycles. The van der Waals surface area contributed by atoms with Crippen LogP contribution in [0.1, 0.15) is 18.1 Å². The van der Waals surface area contributed by atoms with E-state index in [-0.39, 0.29) is 4.91 Å². The maximum atomic E-state index is 12.2. The molecule has 1 aromatic carbocycles. The molecule has 2 rings (SSSR count). The van der Waals surface area contributed by atoms with Gasteiger partial charge < -0.3 is 15.2 Å². The number of carboxylic acid groups (broad SMARTS) is 1. The smallest absolute Gasteiger partial charge is 0.294 e. The molecule has 1 fully saturated rings. The van der Waals surface area contributed by atoms with Gasteiger partial charge in [-0.2, -0.15) is 0 Å². The first-order valence-electron chi connectivity index (χ1n) is 7.21. The van der Waals surface area contributed by atoms with Gasteiger partial charge in [0.25, 0.3) is 11.1 Å². The van der Waals surface area contributed by atoms with E-state index in [9.17, 15) is 24.3 Å². The lowest BCUT2D eigenvalue weighted by Crippen LogP contribution is -2.43. The fourth-order valence-electron chi connectivity index (χ4n) is 2.01. The molecule has 0 spiro atoms. The number of benzene rings is 1. The lowest BCUT2D eigenvalue weighted by molar-refractivity contribution is -0.304. The Bertz CT molecular complexity index is 712. The minimum atomic E-state index is -1.45. The van der Waals surface area contributed by atoms with Crippen molar-refractivity contribution >= 4 is 40.9 Å². The largest absolute Gasteiger partial charge is 0.548 e. The van der Waals surface area contributed by atoms with E-state index < -0.39 is 36.1 Å². The molecule has 8 heteroatoms. The number of thioether (sulfide) groups is 1. The van der Waals surface area contributed by atoms with E-state index in [0.29, 0.717) is 0 Å². The number of rotatable bonds is 6. The molecular weight excluding hydrogens is 332 g/mol. The van der Waals surface area contributed by atoms with Crippen LogP contribution in [0.15, 0.2) is 29.2 Å². The van der Waals surface area contributed by atoms with Gasteiger partial charge in [0, 0.05) is 0 Å². The van der Waals surface area contributed by atoms with Gasteiger partial charge >= 0.3 is 0 Å². The molecule has 0 atom stereocenters. The summed E-state index contributed by atoms with van der Waals surface area (Å²) in [4.78, 5) is 46.9. The van der Waals surface area contributed by atoms with Crippen LogP contribution >= 0.6 is 11.8 Å². The summed E-state index contributed by atoms with van der Waals surface area (Å²) in [5, 5.41) is 11.8. The van der Waals surface area contributed by atoms with Crippen molar-refractivity contribution in [2.75, 3.05) is 13.1 Å². The summed E-state index contributed by atoms with van der Waals surface area (Å²) in [6.45, 7) is 0.838. The SMILES string of the molecule is CCc1ccc(/C=C2/SC(=O)N(CC(=O)NCC(=O)[O-])C2=O)cc1. The number of nitrogens with zero attached hydrogens (tertiary/aromatic N) is 1. The van der Waals surface area contributed by atoms with Crippen molar-refractivity contribution in [3.8, 4) is 0 Å². The number of aryl methyl sites for hydroxylation is 1. The van der Waals surface area contributed by atoms with Gasteiger partial charge in [-0.3, -0.25) is 19.3 Å². The van der Waals surface area contributed by atoms with Gasteiger partial charge in [-0.1, -0.05) is 31.2 Å². The maximum absolute atomic E-state index is 12.2. The second-order valence-corrected chi connectivity index (χ2v) is 6.00. The lowest BCUT2D eigenvalue weighted by atomic mass is 10.1. The normalized spacial score (nSPS) is 15.9. The Kier molecular flexibility index (Phi) is 5.75. The molecule has 7 nitrogen and oxygen atoms in total. The van der Waals surface area contributed by atoms with Gasteiger partial charge in [-0.05, 0) is 35.4 Å². The van der Waals surface area contributed by atoms with Crippen molar-refractivity contribution < 1.29 is 24.3 Å². The third kappa shape index (κ3) is 4.45. The first-order chi connectivity index (χ1) is 11.4. The minimum Gasteiger partial charge on any atom is -0.548 e. The van der Waals surface area contributed by atoms with Crippen LogP contribution in [0.5, 0.6) is 0 Å². The summed E-state index contributed by atoms with van der Waals surface area (Å²) in [5.74, 6) is -2.77. The molecule has 0 radical (unpaired) electrons. The van der Waals surface area contributed by atoms with Crippen LogP contribution in [-0.2, 0) is 20.8 Å². The minimum absolute atomic E-state index is 0.219. The van der Waals surface area contributed by atoms with Gasteiger partial charge in [-0.25, -0.2) is 0 Å². The number of hydrogen-bond donors (Lipinski definition) is 1. The number of hydrogen-bond acceptors (Lipinski definition) is 6. The number of aliphatic carboxylic acids is 1. The Morgan fingerprint density at radius 1 is 1.25 bits per heavy atom. The molecule has 0 saturated carbocycles. The van der Waals surface area contributed by atoms with Gasteiger partial charge in [0.15, 0.2) is 0 Å². The maximum Gasteiger partial charge on any atom is 0.294 e. The van der Waals surface area contributed by atoms with E-state index in [4.69, 9.17) is 0 Å². The van der Waals surface area contributed by atoms with Gasteiger partial charge in [0.2, 0.25) is 5.91 Å². The van der Waals surface area contributed by atoms with Crippen LogP contribution in [0, 0.1) is 0 Å². The average Bonchev–Trinajstić information content (AvgIpc) is 2.81. The quantitative estimate of drug-likeness (QED) is 0.734. The molecule has 3 amide bonds. The van der Waals surface area contributed by atoms with Crippen LogP contribution in [0.4, 0.5) is 4.79 Å². The van der Waals surface area contributed by atoms with Crippen LogP contribution in [0.2, 0.25) is 0 Å². The molecule has 1 aliphatic heterocycles. The van der Waals surface area contributed by atoms with Crippen LogP contribution in [-0.4, -0.2) is 41.0 Å². The van der Waals surface area contributed by atoms with Crippen molar-refractivity contribution in [1.82, 2.24) is 10.2 Å². The van der Waals surface area contributed by atoms with E-state index >= 15 is 0 Å². The fourth-order valence-corrected chi connectivity index (χ4v) is 2.85. The molecule has 0 unspecified atom stereocenters. The van der Waals surface area contributed by atoms with E-state index in [1.54, 1.807) is 6.08 Å². The molecule has 1 N–H and O–H groups in total. The van der Waals surface area contributed by atoms with Crippen molar-refractivity contribution in [3.63, 3.8) is 0 Å². The Hall–Kier alpha value is -2.61. The number of amides is 3. The summed E-state index contributed by atoms with van der Waals surface area (Å²) in [6.07, 6.45) is 2.49. The number of carboxylic acids is 1. The van der Waals surface area contributed by atoms with E-state index in [1.165, 1.54) is 0 Å². The first-order valence-corrected chi connectivity index (χ1v) is 8.03. The molecule has 126 valence electrons. The summed E-state index contributed by atoms with van der Waals surface area (Å²) < 4.78 is 0. The van der Waals surface area contributed by atoms with Crippen molar-refractivity contribution in [2.45, 2.75) is 13.3 Å². The van der Waals surface area contributed by atoms with Crippen LogP contribution in [0.3, 0.4) is 0 Å². The third-order valence-corrected chi connectivity index (χ3v) is 4.20. The highest BCUT2D eigenvalue weighted by Gasteiger charge is 2.36. The average molecular weight is 347 g/mol. The van der Waals surface area contributed by atoms with E-state index in [1.807, 2.05) is 31.2 Å². The predicted molar refractivity (Wildman–Crippen MR) is 86.5 cm³/mol. The summed E-state index contributed by atoms with van der Waals surface area (Å²) in [5.41, 5.74) is 1.93. The zero-order chi connectivity index (χ0) is 17.7. The molecule has 24 heavy (non-hydrogen) atoms. The molecule has 0 aliphatic carbocycles. The standard InChI is InChI=1S/C16H16N2O5S/c1-2-10-3-5-11(6-4-10)7-12-15(22)18(16(23)24-12)9-13(19)17-8-14(20)21/h3-7H,2,8-9H2,1H3,(H,17,19)(H,20,21)/p-1/b12-7+. The van der Waals surface area contributed by atoms with E-state index in [2.05, 4.69) is 5.32 Å². The van der Waals surface area contributed by atoms with E-state index in [0.717, 1.165) is 34.2 Å². The van der Waals surface area contributed by atoms with Gasteiger partial charge in [0.05, 0.1) is 17.4 Å². The number of carbonyl (C=O) groups excluding carboxylic acids is 4. The van der Waals surface area contributed by atoms with Crippen molar-refractivity contribution in [1.29, 1.82) is 0 Å². The number of nitrogens with one attached hydrogen (secondary N) is 1. The van der Waals surface area contributed by atoms with Gasteiger partial charge in [0.1, 0.15) is 6.54 Å². The highest BCUT2D eigenvalue weighted by Crippen LogP contribution is 2.31. The Labute approximate surface area is 142 Å². The molecule has 0 bridgehead atoms. The van der Waals surface area contributed by atoms with Crippen molar-refractivity contribution in [3.05, 3.63) is 40.3 Å². The highest BCUT2D eigenvalue weighted by atomic mass is 32.2. The summed E-state index contributed by atoms with van der Waals surface area (Å²) >= 11 is 0.743.